The van der Waals surface area contributed by atoms with E-state index in [1.54, 1.807) is 7.11 Å². The fourth-order valence-corrected chi connectivity index (χ4v) is 3.12. The van der Waals surface area contributed by atoms with Crippen LogP contribution < -0.4 is 4.74 Å². The molecule has 0 unspecified atom stereocenters. The van der Waals surface area contributed by atoms with E-state index in [4.69, 9.17) is 26.2 Å². The number of thioether (sulfide) groups is 1. The van der Waals surface area contributed by atoms with Crippen LogP contribution in [0.2, 0.25) is 5.02 Å². The van der Waals surface area contributed by atoms with Crippen LogP contribution in [0.1, 0.15) is 9.67 Å². The fourth-order valence-electron chi connectivity index (χ4n) is 1.00. The summed E-state index contributed by atoms with van der Waals surface area (Å²) in [7, 11) is 1.55. The van der Waals surface area contributed by atoms with Crippen molar-refractivity contribution in [3.8, 4) is 5.75 Å². The molecule has 1 rings (SSSR count). The standard InChI is InChI=1S/C9H11ClO4S2/c1-13-3-4-14-6-5(10)9(15-2)16-7(6)8(11)12/h3-4H2,1-2H3,(H,11,12). The molecule has 0 aliphatic rings. The second-order valence-electron chi connectivity index (χ2n) is 2.71. The maximum Gasteiger partial charge on any atom is 0.349 e. The number of hydrogen-bond acceptors (Lipinski definition) is 5. The van der Waals surface area contributed by atoms with Gasteiger partial charge >= 0.3 is 5.97 Å². The number of halogens is 1. The van der Waals surface area contributed by atoms with Gasteiger partial charge < -0.3 is 14.6 Å². The topological polar surface area (TPSA) is 55.8 Å². The van der Waals surface area contributed by atoms with Crippen LogP contribution in [0.3, 0.4) is 0 Å². The Morgan fingerprint density at radius 2 is 2.25 bits per heavy atom. The lowest BCUT2D eigenvalue weighted by Crippen LogP contribution is -2.06. The monoisotopic (exact) mass is 282 g/mol. The van der Waals surface area contributed by atoms with Gasteiger partial charge in [-0.3, -0.25) is 0 Å². The minimum atomic E-state index is -1.03. The number of thiophene rings is 1. The van der Waals surface area contributed by atoms with Gasteiger partial charge in [0.1, 0.15) is 11.6 Å². The maximum absolute atomic E-state index is 11.0. The second-order valence-corrected chi connectivity index (χ2v) is 5.19. The summed E-state index contributed by atoms with van der Waals surface area (Å²) in [6.45, 7) is 0.668. The number of carbonyl (C=O) groups is 1. The van der Waals surface area contributed by atoms with Crippen LogP contribution in [-0.4, -0.2) is 37.7 Å². The van der Waals surface area contributed by atoms with E-state index >= 15 is 0 Å². The summed E-state index contributed by atoms with van der Waals surface area (Å²) in [5.74, 6) is -0.791. The van der Waals surface area contributed by atoms with Crippen molar-refractivity contribution >= 4 is 40.7 Å². The smallest absolute Gasteiger partial charge is 0.349 e. The van der Waals surface area contributed by atoms with Crippen LogP contribution in [0.25, 0.3) is 0 Å². The molecule has 1 N–H and O–H groups in total. The Morgan fingerprint density at radius 3 is 2.75 bits per heavy atom. The Kier molecular flexibility index (Phi) is 5.40. The molecule has 0 aromatic carbocycles. The van der Waals surface area contributed by atoms with Gasteiger partial charge in [-0.1, -0.05) is 11.6 Å². The zero-order chi connectivity index (χ0) is 12.1. The summed E-state index contributed by atoms with van der Waals surface area (Å²) in [6.07, 6.45) is 1.84. The Balaban J connectivity index is 2.94. The second kappa shape index (κ2) is 6.34. The summed E-state index contributed by atoms with van der Waals surface area (Å²) >= 11 is 8.53. The van der Waals surface area contributed by atoms with E-state index in [9.17, 15) is 4.79 Å². The molecule has 0 fully saturated rings. The molecular weight excluding hydrogens is 272 g/mol. The van der Waals surface area contributed by atoms with Crippen LogP contribution in [0.15, 0.2) is 4.21 Å². The number of carboxylic acids is 1. The van der Waals surface area contributed by atoms with Gasteiger partial charge in [-0.15, -0.1) is 23.1 Å². The molecule has 0 bridgehead atoms. The number of ether oxygens (including phenoxy) is 2. The highest BCUT2D eigenvalue weighted by molar-refractivity contribution is 8.00. The Hall–Kier alpha value is -0.430. The van der Waals surface area contributed by atoms with E-state index in [1.807, 2.05) is 6.26 Å². The first-order valence-corrected chi connectivity index (χ1v) is 6.75. The fraction of sp³-hybridized carbons (Fsp3) is 0.444. The van der Waals surface area contributed by atoms with E-state index in [0.29, 0.717) is 11.6 Å². The molecular formula is C9H11ClO4S2. The lowest BCUT2D eigenvalue weighted by molar-refractivity contribution is 0.0695. The largest absolute Gasteiger partial charge is 0.488 e. The lowest BCUT2D eigenvalue weighted by Gasteiger charge is -2.05. The minimum absolute atomic E-state index is 0.130. The molecule has 1 heterocycles. The third kappa shape index (κ3) is 3.04. The molecule has 0 saturated heterocycles. The van der Waals surface area contributed by atoms with E-state index in [1.165, 1.54) is 11.8 Å². The van der Waals surface area contributed by atoms with Gasteiger partial charge in [0.2, 0.25) is 0 Å². The van der Waals surface area contributed by atoms with Crippen LogP contribution >= 0.6 is 34.7 Å². The third-order valence-corrected chi connectivity index (χ3v) is 4.56. The molecule has 7 heteroatoms. The molecule has 0 amide bonds. The van der Waals surface area contributed by atoms with Crippen LogP contribution in [-0.2, 0) is 4.74 Å². The molecule has 90 valence electrons. The molecule has 0 saturated carbocycles. The van der Waals surface area contributed by atoms with Gasteiger partial charge in [0.15, 0.2) is 10.6 Å². The molecule has 16 heavy (non-hydrogen) atoms. The van der Waals surface area contributed by atoms with Crippen molar-refractivity contribution in [2.45, 2.75) is 4.21 Å². The number of hydrogen-bond donors (Lipinski definition) is 1. The van der Waals surface area contributed by atoms with Gasteiger partial charge in [-0.2, -0.15) is 0 Å². The van der Waals surface area contributed by atoms with Gasteiger partial charge in [-0.25, -0.2) is 4.79 Å². The predicted molar refractivity (Wildman–Crippen MR) is 65.4 cm³/mol. The van der Waals surface area contributed by atoms with Gasteiger partial charge in [0.05, 0.1) is 10.8 Å². The first-order valence-electron chi connectivity index (χ1n) is 4.33. The van der Waals surface area contributed by atoms with Crippen molar-refractivity contribution in [2.24, 2.45) is 0 Å². The predicted octanol–water partition coefficient (Wildman–Crippen LogP) is 2.85. The Labute approximate surface area is 107 Å². The van der Waals surface area contributed by atoms with E-state index in [2.05, 4.69) is 0 Å². The van der Waals surface area contributed by atoms with Crippen molar-refractivity contribution in [1.82, 2.24) is 0 Å². The molecule has 0 spiro atoms. The minimum Gasteiger partial charge on any atom is -0.488 e. The van der Waals surface area contributed by atoms with Crippen molar-refractivity contribution in [1.29, 1.82) is 0 Å². The highest BCUT2D eigenvalue weighted by Crippen LogP contribution is 2.44. The van der Waals surface area contributed by atoms with Crippen LogP contribution in [0.4, 0.5) is 0 Å². The lowest BCUT2D eigenvalue weighted by atomic mass is 10.4. The summed E-state index contributed by atoms with van der Waals surface area (Å²) < 4.78 is 10.9. The third-order valence-electron chi connectivity index (χ3n) is 1.69. The van der Waals surface area contributed by atoms with Crippen LogP contribution in [0, 0.1) is 0 Å². The van der Waals surface area contributed by atoms with Gasteiger partial charge in [0, 0.05) is 7.11 Å². The number of aromatic carboxylic acids is 1. The van der Waals surface area contributed by atoms with Crippen molar-refractivity contribution < 1.29 is 19.4 Å². The zero-order valence-electron chi connectivity index (χ0n) is 8.78. The molecule has 0 radical (unpaired) electrons. The van der Waals surface area contributed by atoms with Gasteiger partial charge in [-0.05, 0) is 6.26 Å². The number of rotatable bonds is 6. The SMILES string of the molecule is COCCOc1c(C(=O)O)sc(SC)c1Cl. The quantitative estimate of drug-likeness (QED) is 0.642. The molecule has 0 aliphatic heterocycles. The number of methoxy groups -OCH3 is 1. The van der Waals surface area contributed by atoms with E-state index in [0.717, 1.165) is 15.5 Å². The van der Waals surface area contributed by atoms with E-state index in [-0.39, 0.29) is 17.2 Å². The molecule has 1 aromatic rings. The van der Waals surface area contributed by atoms with Crippen molar-refractivity contribution in [3.63, 3.8) is 0 Å². The summed E-state index contributed by atoms with van der Waals surface area (Å²) in [5.41, 5.74) is 0. The van der Waals surface area contributed by atoms with Crippen molar-refractivity contribution in [2.75, 3.05) is 26.6 Å². The molecule has 0 atom stereocenters. The summed E-state index contributed by atoms with van der Waals surface area (Å²) in [5, 5.41) is 9.35. The first kappa shape index (κ1) is 13.6. The highest BCUT2D eigenvalue weighted by atomic mass is 35.5. The Bertz CT molecular complexity index is 378. The maximum atomic E-state index is 11.0. The number of carboxylic acid groups (broad SMARTS) is 1. The molecule has 4 nitrogen and oxygen atoms in total. The average molecular weight is 283 g/mol. The van der Waals surface area contributed by atoms with Crippen molar-refractivity contribution in [3.05, 3.63) is 9.90 Å². The Morgan fingerprint density at radius 1 is 1.56 bits per heavy atom. The normalized spacial score (nSPS) is 10.4. The summed E-state index contributed by atoms with van der Waals surface area (Å²) in [4.78, 5) is 11.1. The van der Waals surface area contributed by atoms with Crippen LogP contribution in [0.5, 0.6) is 5.75 Å². The molecule has 1 aromatic heterocycles. The highest BCUT2D eigenvalue weighted by Gasteiger charge is 2.22. The first-order chi connectivity index (χ1) is 7.61. The summed E-state index contributed by atoms with van der Waals surface area (Å²) in [6, 6.07) is 0. The average Bonchev–Trinajstić information content (AvgIpc) is 2.57. The molecule has 0 aliphatic carbocycles. The zero-order valence-corrected chi connectivity index (χ0v) is 11.2. The van der Waals surface area contributed by atoms with Gasteiger partial charge in [0.25, 0.3) is 0 Å². The van der Waals surface area contributed by atoms with E-state index < -0.39 is 5.97 Å².